The molecule has 2 aromatic rings. The minimum atomic E-state index is -0.165. The molecule has 0 radical (unpaired) electrons. The number of carbonyl (C=O) groups excluding carboxylic acids is 1. The second-order valence-corrected chi connectivity index (χ2v) is 5.77. The smallest absolute Gasteiger partial charge is 0.306 e. The van der Waals surface area contributed by atoms with Gasteiger partial charge in [-0.2, -0.15) is 0 Å². The van der Waals surface area contributed by atoms with Crippen molar-refractivity contribution in [3.63, 3.8) is 0 Å². The summed E-state index contributed by atoms with van der Waals surface area (Å²) in [7, 11) is 0. The first-order valence-corrected chi connectivity index (χ1v) is 7.97. The quantitative estimate of drug-likeness (QED) is 0.796. The predicted octanol–water partition coefficient (Wildman–Crippen LogP) is 3.16. The van der Waals surface area contributed by atoms with E-state index in [2.05, 4.69) is 11.1 Å². The van der Waals surface area contributed by atoms with E-state index in [9.17, 15) is 4.79 Å². The van der Waals surface area contributed by atoms with Crippen LogP contribution in [0.4, 0.5) is 0 Å². The van der Waals surface area contributed by atoms with Crippen molar-refractivity contribution >= 4 is 17.3 Å². The lowest BCUT2D eigenvalue weighted by molar-refractivity contribution is -0.143. The highest BCUT2D eigenvalue weighted by Crippen LogP contribution is 2.38. The fraction of sp³-hybridized carbons (Fsp3) is 0.375. The van der Waals surface area contributed by atoms with Gasteiger partial charge in [-0.1, -0.05) is 18.2 Å². The molecular weight excluding hydrogens is 286 g/mol. The van der Waals surface area contributed by atoms with E-state index in [0.717, 1.165) is 16.5 Å². The van der Waals surface area contributed by atoms with Crippen molar-refractivity contribution in [3.8, 4) is 5.75 Å². The van der Waals surface area contributed by atoms with Gasteiger partial charge >= 0.3 is 5.97 Å². The Labute approximate surface area is 127 Å². The van der Waals surface area contributed by atoms with Gasteiger partial charge in [0.15, 0.2) is 0 Å². The Bertz CT molecular complexity index is 638. The number of esters is 1. The van der Waals surface area contributed by atoms with Gasteiger partial charge in [0.2, 0.25) is 0 Å². The number of rotatable bonds is 5. The molecule has 0 aliphatic carbocycles. The van der Waals surface area contributed by atoms with E-state index in [4.69, 9.17) is 9.47 Å². The first-order chi connectivity index (χ1) is 10.3. The van der Waals surface area contributed by atoms with E-state index < -0.39 is 0 Å². The number of aromatic nitrogens is 1. The van der Waals surface area contributed by atoms with Gasteiger partial charge in [-0.3, -0.25) is 4.79 Å². The van der Waals surface area contributed by atoms with Crippen LogP contribution in [0.15, 0.2) is 29.6 Å². The number of hydrogen-bond acceptors (Lipinski definition) is 5. The van der Waals surface area contributed by atoms with Gasteiger partial charge < -0.3 is 9.47 Å². The molecule has 0 amide bonds. The van der Waals surface area contributed by atoms with Crippen LogP contribution in [0.25, 0.3) is 0 Å². The van der Waals surface area contributed by atoms with Crippen molar-refractivity contribution in [2.45, 2.75) is 25.7 Å². The highest BCUT2D eigenvalue weighted by molar-refractivity contribution is 7.09. The first-order valence-electron chi connectivity index (χ1n) is 7.09. The third-order valence-corrected chi connectivity index (χ3v) is 4.47. The monoisotopic (exact) mass is 303 g/mol. The summed E-state index contributed by atoms with van der Waals surface area (Å²) in [5, 5.41) is 3.08. The normalized spacial score (nSPS) is 16.3. The molecule has 0 saturated carbocycles. The molecule has 1 unspecified atom stereocenters. The lowest BCUT2D eigenvalue weighted by Crippen LogP contribution is -2.06. The van der Waals surface area contributed by atoms with E-state index >= 15 is 0 Å². The maximum atomic E-state index is 11.4. The van der Waals surface area contributed by atoms with E-state index in [1.54, 1.807) is 11.3 Å². The van der Waals surface area contributed by atoms with Crippen LogP contribution in [0.5, 0.6) is 5.75 Å². The summed E-state index contributed by atoms with van der Waals surface area (Å²) in [5.74, 6) is 0.995. The van der Waals surface area contributed by atoms with Crippen LogP contribution in [0.2, 0.25) is 0 Å². The molecule has 2 heterocycles. The van der Waals surface area contributed by atoms with Crippen LogP contribution in [0.3, 0.4) is 0 Å². The second-order valence-electron chi connectivity index (χ2n) is 4.88. The topological polar surface area (TPSA) is 48.4 Å². The number of benzene rings is 1. The summed E-state index contributed by atoms with van der Waals surface area (Å²) in [6.07, 6.45) is 1.01. The summed E-state index contributed by atoms with van der Waals surface area (Å²) < 4.78 is 10.6. The number of fused-ring (bicyclic) bond motifs is 1. The molecule has 1 aromatic heterocycles. The molecule has 0 saturated heterocycles. The zero-order valence-electron chi connectivity index (χ0n) is 11.9. The summed E-state index contributed by atoms with van der Waals surface area (Å²) in [6.45, 7) is 2.89. The molecule has 21 heavy (non-hydrogen) atoms. The summed E-state index contributed by atoms with van der Waals surface area (Å²) in [5.41, 5.74) is 2.15. The number of thiazole rings is 1. The number of aryl methyl sites for hydroxylation is 1. The molecule has 0 N–H and O–H groups in total. The molecule has 0 bridgehead atoms. The van der Waals surface area contributed by atoms with Gasteiger partial charge in [0, 0.05) is 17.4 Å². The van der Waals surface area contributed by atoms with Crippen LogP contribution < -0.4 is 4.74 Å². The van der Waals surface area contributed by atoms with Crippen LogP contribution in [-0.4, -0.2) is 24.2 Å². The van der Waals surface area contributed by atoms with Crippen molar-refractivity contribution in [2.75, 3.05) is 13.2 Å². The standard InChI is InChI=1S/C16H17NO3S/c1-2-19-15(18)8-7-11-10-21-16(17-11)13-9-20-14-6-4-3-5-12(13)14/h3-6,10,13H,2,7-9H2,1H3. The molecule has 1 aliphatic rings. The lowest BCUT2D eigenvalue weighted by atomic mass is 10.0. The zero-order chi connectivity index (χ0) is 14.7. The first kappa shape index (κ1) is 14.1. The molecule has 5 heteroatoms. The minimum Gasteiger partial charge on any atom is -0.492 e. The van der Waals surface area contributed by atoms with Gasteiger partial charge in [0.05, 0.1) is 24.6 Å². The predicted molar refractivity (Wildman–Crippen MR) is 80.8 cm³/mol. The molecule has 0 fully saturated rings. The Morgan fingerprint density at radius 3 is 3.19 bits per heavy atom. The Morgan fingerprint density at radius 1 is 1.48 bits per heavy atom. The van der Waals surface area contributed by atoms with Gasteiger partial charge in [-0.05, 0) is 13.0 Å². The van der Waals surface area contributed by atoms with Crippen LogP contribution >= 0.6 is 11.3 Å². The Morgan fingerprint density at radius 2 is 2.33 bits per heavy atom. The SMILES string of the molecule is CCOC(=O)CCc1csc(C2COc3ccccc32)n1. The Hall–Kier alpha value is -1.88. The van der Waals surface area contributed by atoms with E-state index in [1.165, 1.54) is 5.56 Å². The highest BCUT2D eigenvalue weighted by atomic mass is 32.1. The minimum absolute atomic E-state index is 0.165. The van der Waals surface area contributed by atoms with E-state index in [-0.39, 0.29) is 11.9 Å². The molecule has 1 atom stereocenters. The summed E-state index contributed by atoms with van der Waals surface area (Å²) in [4.78, 5) is 16.0. The molecule has 3 rings (SSSR count). The van der Waals surface area contributed by atoms with Crippen molar-refractivity contribution in [1.82, 2.24) is 4.98 Å². The third-order valence-electron chi connectivity index (χ3n) is 3.46. The van der Waals surface area contributed by atoms with Gasteiger partial charge in [-0.25, -0.2) is 4.98 Å². The van der Waals surface area contributed by atoms with Crippen molar-refractivity contribution in [2.24, 2.45) is 0 Å². The molecule has 4 nitrogen and oxygen atoms in total. The molecule has 1 aromatic carbocycles. The van der Waals surface area contributed by atoms with E-state index in [1.807, 2.05) is 30.5 Å². The number of nitrogens with zero attached hydrogens (tertiary/aromatic N) is 1. The maximum Gasteiger partial charge on any atom is 0.306 e. The van der Waals surface area contributed by atoms with Crippen molar-refractivity contribution in [1.29, 1.82) is 0 Å². The number of para-hydroxylation sites is 1. The average Bonchev–Trinajstić information content (AvgIpc) is 3.12. The lowest BCUT2D eigenvalue weighted by Gasteiger charge is -2.04. The summed E-state index contributed by atoms with van der Waals surface area (Å²) >= 11 is 1.63. The van der Waals surface area contributed by atoms with Gasteiger partial charge in [-0.15, -0.1) is 11.3 Å². The fourth-order valence-electron chi connectivity index (χ4n) is 2.43. The molecule has 0 spiro atoms. The fourth-order valence-corrected chi connectivity index (χ4v) is 3.38. The zero-order valence-corrected chi connectivity index (χ0v) is 12.7. The van der Waals surface area contributed by atoms with Gasteiger partial charge in [0.1, 0.15) is 17.4 Å². The number of carbonyl (C=O) groups is 1. The number of ether oxygens (including phenoxy) is 2. The number of hydrogen-bond donors (Lipinski definition) is 0. The summed E-state index contributed by atoms with van der Waals surface area (Å²) in [6, 6.07) is 8.08. The maximum absolute atomic E-state index is 11.4. The van der Waals surface area contributed by atoms with E-state index in [0.29, 0.717) is 26.1 Å². The van der Waals surface area contributed by atoms with Crippen molar-refractivity contribution < 1.29 is 14.3 Å². The third kappa shape index (κ3) is 3.08. The van der Waals surface area contributed by atoms with Gasteiger partial charge in [0.25, 0.3) is 0 Å². The second kappa shape index (κ2) is 6.26. The molecule has 1 aliphatic heterocycles. The van der Waals surface area contributed by atoms with Crippen molar-refractivity contribution in [3.05, 3.63) is 45.9 Å². The Kier molecular flexibility index (Phi) is 4.20. The molecule has 110 valence electrons. The van der Waals surface area contributed by atoms with Crippen LogP contribution in [0, 0.1) is 0 Å². The average molecular weight is 303 g/mol. The van der Waals surface area contributed by atoms with Crippen LogP contribution in [0.1, 0.15) is 35.5 Å². The largest absolute Gasteiger partial charge is 0.492 e. The Balaban J connectivity index is 1.67. The molecular formula is C16H17NO3S. The van der Waals surface area contributed by atoms with Crippen LogP contribution in [-0.2, 0) is 16.0 Å². The highest BCUT2D eigenvalue weighted by Gasteiger charge is 2.27.